The average molecular weight is 154 g/mol. The monoisotopic (exact) mass is 154 g/mol. The van der Waals surface area contributed by atoms with Gasteiger partial charge in [-0.05, 0) is 20.8 Å². The number of carbonyl (C=O) groups excluding carboxylic acids is 1. The molecule has 2 heteroatoms. The van der Waals surface area contributed by atoms with E-state index in [0.717, 1.165) is 0 Å². The minimum atomic E-state index is -0.422. The first kappa shape index (κ1) is 10.0. The van der Waals surface area contributed by atoms with Gasteiger partial charge in [0.05, 0.1) is 5.41 Å². The highest BCUT2D eigenvalue weighted by Crippen LogP contribution is 2.14. The fraction of sp³-hybridized carbons (Fsp3) is 0.667. The molecule has 0 atom stereocenters. The summed E-state index contributed by atoms with van der Waals surface area (Å²) in [6.07, 6.45) is 5.47. The molecule has 0 aliphatic carbocycles. The number of esters is 1. The van der Waals surface area contributed by atoms with Crippen LogP contribution in [-0.4, -0.2) is 12.6 Å². The van der Waals surface area contributed by atoms with Gasteiger partial charge in [-0.15, -0.1) is 12.3 Å². The van der Waals surface area contributed by atoms with Crippen molar-refractivity contribution in [3.8, 4) is 12.3 Å². The van der Waals surface area contributed by atoms with Crippen LogP contribution in [0.4, 0.5) is 0 Å². The van der Waals surface area contributed by atoms with E-state index in [-0.39, 0.29) is 5.97 Å². The van der Waals surface area contributed by atoms with E-state index in [1.165, 1.54) is 0 Å². The minimum Gasteiger partial charge on any atom is -0.464 e. The number of hydrogen-bond donors (Lipinski definition) is 0. The smallest absolute Gasteiger partial charge is 0.311 e. The van der Waals surface area contributed by atoms with Crippen LogP contribution in [0.15, 0.2) is 0 Å². The van der Waals surface area contributed by atoms with E-state index in [1.54, 1.807) is 0 Å². The zero-order valence-electron chi connectivity index (χ0n) is 7.31. The van der Waals surface area contributed by atoms with Crippen molar-refractivity contribution in [1.82, 2.24) is 0 Å². The zero-order valence-corrected chi connectivity index (χ0v) is 7.31. The Morgan fingerprint density at radius 1 is 1.55 bits per heavy atom. The fourth-order valence-corrected chi connectivity index (χ4v) is 0.419. The van der Waals surface area contributed by atoms with E-state index in [1.807, 2.05) is 20.8 Å². The number of hydrogen-bond acceptors (Lipinski definition) is 2. The van der Waals surface area contributed by atoms with Crippen molar-refractivity contribution >= 4 is 5.97 Å². The summed E-state index contributed by atoms with van der Waals surface area (Å²) >= 11 is 0. The van der Waals surface area contributed by atoms with E-state index < -0.39 is 5.41 Å². The standard InChI is InChI=1S/C9H14O2/c1-5-6-7-11-8(10)9(2,3)4/h1H,6-7H2,2-4H3. The topological polar surface area (TPSA) is 26.3 Å². The summed E-state index contributed by atoms with van der Waals surface area (Å²) in [7, 11) is 0. The highest BCUT2D eigenvalue weighted by atomic mass is 16.5. The Morgan fingerprint density at radius 2 is 2.09 bits per heavy atom. The van der Waals surface area contributed by atoms with Crippen molar-refractivity contribution in [2.24, 2.45) is 5.41 Å². The van der Waals surface area contributed by atoms with Crippen molar-refractivity contribution in [2.75, 3.05) is 6.61 Å². The third-order valence-electron chi connectivity index (χ3n) is 1.09. The molecular weight excluding hydrogens is 140 g/mol. The molecule has 0 rings (SSSR count). The first-order chi connectivity index (χ1) is 4.98. The molecule has 0 amide bonds. The Hall–Kier alpha value is -0.970. The second kappa shape index (κ2) is 4.02. The highest BCUT2D eigenvalue weighted by molar-refractivity contribution is 5.75. The Balaban J connectivity index is 3.64. The van der Waals surface area contributed by atoms with Crippen LogP contribution < -0.4 is 0 Å². The lowest BCUT2D eigenvalue weighted by molar-refractivity contribution is -0.152. The van der Waals surface area contributed by atoms with Crippen LogP contribution in [0.25, 0.3) is 0 Å². The molecule has 2 nitrogen and oxygen atoms in total. The third-order valence-corrected chi connectivity index (χ3v) is 1.09. The maximum absolute atomic E-state index is 11.0. The Labute approximate surface area is 67.9 Å². The van der Waals surface area contributed by atoms with Crippen LogP contribution in [0, 0.1) is 17.8 Å². The summed E-state index contributed by atoms with van der Waals surface area (Å²) in [6, 6.07) is 0. The van der Waals surface area contributed by atoms with Gasteiger partial charge in [-0.25, -0.2) is 0 Å². The van der Waals surface area contributed by atoms with E-state index >= 15 is 0 Å². The lowest BCUT2D eigenvalue weighted by atomic mass is 9.97. The van der Waals surface area contributed by atoms with Gasteiger partial charge in [-0.3, -0.25) is 4.79 Å². The largest absolute Gasteiger partial charge is 0.464 e. The molecule has 0 unspecified atom stereocenters. The van der Waals surface area contributed by atoms with E-state index in [4.69, 9.17) is 11.2 Å². The normalized spacial score (nSPS) is 10.4. The molecule has 0 heterocycles. The van der Waals surface area contributed by atoms with Crippen molar-refractivity contribution < 1.29 is 9.53 Å². The molecule has 0 aliphatic heterocycles. The molecule has 0 spiro atoms. The van der Waals surface area contributed by atoms with Crippen molar-refractivity contribution in [2.45, 2.75) is 27.2 Å². The first-order valence-electron chi connectivity index (χ1n) is 3.59. The summed E-state index contributed by atoms with van der Waals surface area (Å²) in [6.45, 7) is 5.76. The van der Waals surface area contributed by atoms with Crippen LogP contribution in [0.2, 0.25) is 0 Å². The summed E-state index contributed by atoms with van der Waals surface area (Å²) < 4.78 is 4.87. The lowest BCUT2D eigenvalue weighted by Gasteiger charge is -2.15. The van der Waals surface area contributed by atoms with E-state index in [0.29, 0.717) is 13.0 Å². The van der Waals surface area contributed by atoms with Crippen molar-refractivity contribution in [3.63, 3.8) is 0 Å². The van der Waals surface area contributed by atoms with Crippen LogP contribution in [0.1, 0.15) is 27.2 Å². The molecule has 0 bridgehead atoms. The molecule has 0 aromatic rings. The van der Waals surface area contributed by atoms with Gasteiger partial charge in [0.15, 0.2) is 0 Å². The maximum atomic E-state index is 11.0. The molecule has 0 radical (unpaired) electrons. The summed E-state index contributed by atoms with van der Waals surface area (Å²) in [5, 5.41) is 0. The molecule has 0 N–H and O–H groups in total. The fourth-order valence-electron chi connectivity index (χ4n) is 0.419. The van der Waals surface area contributed by atoms with Crippen LogP contribution in [-0.2, 0) is 9.53 Å². The molecule has 0 aliphatic rings. The van der Waals surface area contributed by atoms with Crippen LogP contribution >= 0.6 is 0 Å². The number of carbonyl (C=O) groups is 1. The second-order valence-corrected chi connectivity index (χ2v) is 3.34. The minimum absolute atomic E-state index is 0.201. The van der Waals surface area contributed by atoms with E-state index in [9.17, 15) is 4.79 Å². The highest BCUT2D eigenvalue weighted by Gasteiger charge is 2.22. The van der Waals surface area contributed by atoms with Gasteiger partial charge in [0.1, 0.15) is 6.61 Å². The number of terminal acetylenes is 1. The third kappa shape index (κ3) is 4.44. The summed E-state index contributed by atoms with van der Waals surface area (Å²) in [5.41, 5.74) is -0.422. The number of ether oxygens (including phenoxy) is 1. The van der Waals surface area contributed by atoms with Gasteiger partial charge in [0.25, 0.3) is 0 Å². The van der Waals surface area contributed by atoms with Gasteiger partial charge in [-0.2, -0.15) is 0 Å². The summed E-state index contributed by atoms with van der Waals surface area (Å²) in [4.78, 5) is 11.0. The molecule has 11 heavy (non-hydrogen) atoms. The quantitative estimate of drug-likeness (QED) is 0.343. The average Bonchev–Trinajstić information content (AvgIpc) is 1.86. The van der Waals surface area contributed by atoms with Gasteiger partial charge in [0.2, 0.25) is 0 Å². The molecule has 0 saturated carbocycles. The molecule has 0 fully saturated rings. The molecule has 0 aromatic heterocycles. The van der Waals surface area contributed by atoms with Gasteiger partial charge in [0, 0.05) is 6.42 Å². The Kier molecular flexibility index (Phi) is 3.67. The van der Waals surface area contributed by atoms with Gasteiger partial charge < -0.3 is 4.74 Å². The van der Waals surface area contributed by atoms with Crippen molar-refractivity contribution in [1.29, 1.82) is 0 Å². The first-order valence-corrected chi connectivity index (χ1v) is 3.59. The van der Waals surface area contributed by atoms with Crippen LogP contribution in [0.5, 0.6) is 0 Å². The molecule has 62 valence electrons. The van der Waals surface area contributed by atoms with E-state index in [2.05, 4.69) is 5.92 Å². The molecule has 0 saturated heterocycles. The van der Waals surface area contributed by atoms with Gasteiger partial charge in [-0.1, -0.05) is 0 Å². The second-order valence-electron chi connectivity index (χ2n) is 3.34. The molecular formula is C9H14O2. The Morgan fingerprint density at radius 3 is 2.45 bits per heavy atom. The SMILES string of the molecule is C#CCCOC(=O)C(C)(C)C. The Bertz CT molecular complexity index is 169. The maximum Gasteiger partial charge on any atom is 0.311 e. The molecule has 0 aromatic carbocycles. The lowest BCUT2D eigenvalue weighted by Crippen LogP contribution is -2.23. The van der Waals surface area contributed by atoms with Crippen molar-refractivity contribution in [3.05, 3.63) is 0 Å². The van der Waals surface area contributed by atoms with Gasteiger partial charge >= 0.3 is 5.97 Å². The summed E-state index contributed by atoms with van der Waals surface area (Å²) in [5.74, 6) is 2.20. The van der Waals surface area contributed by atoms with Crippen LogP contribution in [0.3, 0.4) is 0 Å². The predicted molar refractivity (Wildman–Crippen MR) is 43.9 cm³/mol. The number of rotatable bonds is 2. The predicted octanol–water partition coefficient (Wildman–Crippen LogP) is 1.60. The zero-order chi connectivity index (χ0) is 8.91.